The fraction of sp³-hybridized carbons (Fsp3) is 0.136. The molecule has 0 atom stereocenters. The molecule has 0 bridgehead atoms. The van der Waals surface area contributed by atoms with Crippen LogP contribution < -0.4 is 19.9 Å². The highest BCUT2D eigenvalue weighted by atomic mass is 32.2. The molecule has 4 N–H and O–H groups in total. The number of nitrogens with one attached hydrogen (secondary N) is 2. The molecule has 0 saturated carbocycles. The largest absolute Gasteiger partial charge is 0.483 e. The Bertz CT molecular complexity index is 1100. The number of benzene rings is 3. The molecule has 3 rings (SSSR count). The molecule has 0 aliphatic rings. The van der Waals surface area contributed by atoms with Crippen LogP contribution in [0.1, 0.15) is 16.7 Å². The number of carbonyl (C=O) groups excluding carboxylic acids is 1. The minimum absolute atomic E-state index is 0.124. The molecule has 0 fully saturated rings. The van der Waals surface area contributed by atoms with E-state index in [0.29, 0.717) is 17.9 Å². The summed E-state index contributed by atoms with van der Waals surface area (Å²) in [7, 11) is -3.85. The molecule has 156 valence electrons. The molecule has 7 nitrogen and oxygen atoms in total. The maximum Gasteiger partial charge on any atom is 0.296 e. The molecule has 0 aromatic heterocycles. The minimum Gasteiger partial charge on any atom is -0.483 e. The van der Waals surface area contributed by atoms with Crippen molar-refractivity contribution in [1.82, 2.24) is 5.32 Å². The number of anilines is 1. The van der Waals surface area contributed by atoms with E-state index in [2.05, 4.69) is 10.0 Å². The van der Waals surface area contributed by atoms with Gasteiger partial charge in [0.15, 0.2) is 6.61 Å². The van der Waals surface area contributed by atoms with Crippen molar-refractivity contribution >= 4 is 21.8 Å². The standard InChI is InChI=1S/C22H23N3O4S/c23-30(27,28)25-20-11-6-9-18(14-20)15-24-22(26)16-29-21-12-5-4-10-19(21)13-17-7-2-1-3-8-17/h1-12,14,25H,13,15-16H2,(H,24,26)(H2,23,27,28). The average molecular weight is 426 g/mol. The van der Waals surface area contributed by atoms with Gasteiger partial charge in [-0.2, -0.15) is 8.42 Å². The van der Waals surface area contributed by atoms with Crippen LogP contribution in [-0.2, 0) is 28.0 Å². The van der Waals surface area contributed by atoms with Gasteiger partial charge in [-0.3, -0.25) is 9.52 Å². The molecule has 0 saturated heterocycles. The highest BCUT2D eigenvalue weighted by Crippen LogP contribution is 2.21. The third kappa shape index (κ3) is 6.91. The van der Waals surface area contributed by atoms with E-state index < -0.39 is 10.2 Å². The number of ether oxygens (including phenoxy) is 1. The molecule has 0 radical (unpaired) electrons. The Hall–Kier alpha value is -3.36. The molecule has 1 amide bonds. The number of rotatable bonds is 9. The quantitative estimate of drug-likeness (QED) is 0.489. The van der Waals surface area contributed by atoms with Crippen molar-refractivity contribution in [2.45, 2.75) is 13.0 Å². The van der Waals surface area contributed by atoms with Crippen molar-refractivity contribution in [2.24, 2.45) is 5.14 Å². The Morgan fingerprint density at radius 1 is 0.900 bits per heavy atom. The highest BCUT2D eigenvalue weighted by Gasteiger charge is 2.08. The lowest BCUT2D eigenvalue weighted by molar-refractivity contribution is -0.123. The second kappa shape index (κ2) is 9.91. The third-order valence-corrected chi connectivity index (χ3v) is 4.77. The summed E-state index contributed by atoms with van der Waals surface area (Å²) in [5.74, 6) is 0.380. The van der Waals surface area contributed by atoms with Crippen LogP contribution in [0.5, 0.6) is 5.75 Å². The molecule has 0 unspecified atom stereocenters. The molecule has 0 aliphatic heterocycles. The first-order valence-electron chi connectivity index (χ1n) is 9.30. The fourth-order valence-corrected chi connectivity index (χ4v) is 3.37. The lowest BCUT2D eigenvalue weighted by Crippen LogP contribution is -2.28. The third-order valence-electron chi connectivity index (χ3n) is 4.25. The van der Waals surface area contributed by atoms with Crippen LogP contribution in [0.25, 0.3) is 0 Å². The average Bonchev–Trinajstić information content (AvgIpc) is 2.71. The van der Waals surface area contributed by atoms with E-state index in [1.807, 2.05) is 54.6 Å². The Labute approximate surface area is 176 Å². The molecular formula is C22H23N3O4S. The SMILES string of the molecule is NS(=O)(=O)Nc1cccc(CNC(=O)COc2ccccc2Cc2ccccc2)c1. The van der Waals surface area contributed by atoms with E-state index in [1.165, 1.54) is 0 Å². The molecule has 0 aliphatic carbocycles. The number of hydrogen-bond donors (Lipinski definition) is 3. The molecule has 0 spiro atoms. The van der Waals surface area contributed by atoms with Crippen molar-refractivity contribution < 1.29 is 17.9 Å². The Morgan fingerprint density at radius 2 is 1.60 bits per heavy atom. The van der Waals surface area contributed by atoms with Gasteiger partial charge in [-0.25, -0.2) is 5.14 Å². The first-order valence-corrected chi connectivity index (χ1v) is 10.8. The van der Waals surface area contributed by atoms with E-state index in [1.54, 1.807) is 24.3 Å². The van der Waals surface area contributed by atoms with Crippen LogP contribution in [0, 0.1) is 0 Å². The normalized spacial score (nSPS) is 11.0. The molecule has 30 heavy (non-hydrogen) atoms. The maximum atomic E-state index is 12.2. The van der Waals surface area contributed by atoms with Crippen molar-refractivity contribution in [3.63, 3.8) is 0 Å². The van der Waals surface area contributed by atoms with Gasteiger partial charge in [-0.1, -0.05) is 60.7 Å². The fourth-order valence-electron chi connectivity index (χ4n) is 2.91. The van der Waals surface area contributed by atoms with Gasteiger partial charge in [-0.05, 0) is 34.9 Å². The summed E-state index contributed by atoms with van der Waals surface area (Å²) in [4.78, 5) is 12.2. The van der Waals surface area contributed by atoms with E-state index >= 15 is 0 Å². The van der Waals surface area contributed by atoms with Crippen LogP contribution in [0.3, 0.4) is 0 Å². The smallest absolute Gasteiger partial charge is 0.296 e. The van der Waals surface area contributed by atoms with E-state index in [-0.39, 0.29) is 19.1 Å². The Kier molecular flexibility index (Phi) is 7.05. The van der Waals surface area contributed by atoms with Gasteiger partial charge in [0.1, 0.15) is 5.75 Å². The molecule has 3 aromatic carbocycles. The topological polar surface area (TPSA) is 111 Å². The minimum atomic E-state index is -3.85. The second-order valence-corrected chi connectivity index (χ2v) is 7.98. The summed E-state index contributed by atoms with van der Waals surface area (Å²) in [6.45, 7) is 0.106. The van der Waals surface area contributed by atoms with Gasteiger partial charge < -0.3 is 10.1 Å². The Morgan fingerprint density at radius 3 is 2.37 bits per heavy atom. The van der Waals surface area contributed by atoms with E-state index in [4.69, 9.17) is 9.88 Å². The summed E-state index contributed by atoms with van der Waals surface area (Å²) < 4.78 is 30.2. The van der Waals surface area contributed by atoms with Gasteiger partial charge in [0.05, 0.1) is 5.69 Å². The molecule has 0 heterocycles. The Balaban J connectivity index is 1.54. The highest BCUT2D eigenvalue weighted by molar-refractivity contribution is 7.90. The van der Waals surface area contributed by atoms with Crippen molar-refractivity contribution in [2.75, 3.05) is 11.3 Å². The van der Waals surface area contributed by atoms with Crippen molar-refractivity contribution in [1.29, 1.82) is 0 Å². The second-order valence-electron chi connectivity index (χ2n) is 6.68. The zero-order valence-electron chi connectivity index (χ0n) is 16.2. The van der Waals surface area contributed by atoms with Crippen LogP contribution in [-0.4, -0.2) is 20.9 Å². The monoisotopic (exact) mass is 425 g/mol. The number of amides is 1. The molecule has 8 heteroatoms. The first kappa shape index (κ1) is 21.4. The molecule has 3 aromatic rings. The van der Waals surface area contributed by atoms with E-state index in [9.17, 15) is 13.2 Å². The lowest BCUT2D eigenvalue weighted by atomic mass is 10.0. The summed E-state index contributed by atoms with van der Waals surface area (Å²) in [5, 5.41) is 7.73. The van der Waals surface area contributed by atoms with Crippen LogP contribution in [0.4, 0.5) is 5.69 Å². The maximum absolute atomic E-state index is 12.2. The van der Waals surface area contributed by atoms with Gasteiger partial charge >= 0.3 is 0 Å². The van der Waals surface area contributed by atoms with E-state index in [0.717, 1.165) is 16.7 Å². The van der Waals surface area contributed by atoms with Crippen LogP contribution in [0.2, 0.25) is 0 Å². The summed E-state index contributed by atoms with van der Waals surface area (Å²) in [5.41, 5.74) is 3.21. The van der Waals surface area contributed by atoms with Crippen molar-refractivity contribution in [3.05, 3.63) is 95.6 Å². The summed E-state index contributed by atoms with van der Waals surface area (Å²) in [6.07, 6.45) is 0.711. The van der Waals surface area contributed by atoms with Crippen LogP contribution in [0.15, 0.2) is 78.9 Å². The van der Waals surface area contributed by atoms with Gasteiger partial charge in [-0.15, -0.1) is 0 Å². The number of hydrogen-bond acceptors (Lipinski definition) is 4. The number of para-hydroxylation sites is 1. The van der Waals surface area contributed by atoms with Crippen LogP contribution >= 0.6 is 0 Å². The zero-order valence-corrected chi connectivity index (χ0v) is 17.1. The van der Waals surface area contributed by atoms with Crippen molar-refractivity contribution in [3.8, 4) is 5.75 Å². The number of carbonyl (C=O) groups is 1. The van der Waals surface area contributed by atoms with Gasteiger partial charge in [0.2, 0.25) is 0 Å². The van der Waals surface area contributed by atoms with Gasteiger partial charge in [0.25, 0.3) is 16.1 Å². The predicted molar refractivity (Wildman–Crippen MR) is 116 cm³/mol. The lowest BCUT2D eigenvalue weighted by Gasteiger charge is -2.12. The number of nitrogens with two attached hydrogens (primary N) is 1. The first-order chi connectivity index (χ1) is 14.4. The summed E-state index contributed by atoms with van der Waals surface area (Å²) >= 11 is 0. The molecular weight excluding hydrogens is 402 g/mol. The van der Waals surface area contributed by atoms with Gasteiger partial charge in [0, 0.05) is 13.0 Å². The predicted octanol–water partition coefficient (Wildman–Crippen LogP) is 2.59. The summed E-state index contributed by atoms with van der Waals surface area (Å²) in [6, 6.07) is 24.3. The zero-order chi connectivity index (χ0) is 21.4.